The van der Waals surface area contributed by atoms with Gasteiger partial charge in [0.05, 0.1) is 12.2 Å². The van der Waals surface area contributed by atoms with Crippen molar-refractivity contribution in [2.75, 3.05) is 0 Å². The second-order valence-electron chi connectivity index (χ2n) is 3.75. The maximum atomic E-state index is 9.70. The summed E-state index contributed by atoms with van der Waals surface area (Å²) < 4.78 is 0. The van der Waals surface area contributed by atoms with Gasteiger partial charge in [-0.05, 0) is 31.0 Å². The first-order valence-corrected chi connectivity index (χ1v) is 4.80. The van der Waals surface area contributed by atoms with Crippen molar-refractivity contribution in [3.8, 4) is 0 Å². The van der Waals surface area contributed by atoms with Crippen LogP contribution in [0, 0.1) is 6.92 Å². The third-order valence-corrected chi connectivity index (χ3v) is 2.56. The molecule has 0 fully saturated rings. The van der Waals surface area contributed by atoms with Crippen molar-refractivity contribution in [1.82, 2.24) is 4.98 Å². The van der Waals surface area contributed by atoms with Crippen molar-refractivity contribution in [2.45, 2.75) is 38.9 Å². The zero-order chi connectivity index (χ0) is 10.7. The molecule has 0 aromatic carbocycles. The molecule has 0 spiro atoms. The number of pyridine rings is 1. The largest absolute Gasteiger partial charge is 0.391 e. The van der Waals surface area contributed by atoms with Crippen LogP contribution in [0.5, 0.6) is 0 Å². The van der Waals surface area contributed by atoms with Gasteiger partial charge in [0.1, 0.15) is 0 Å². The highest BCUT2D eigenvalue weighted by atomic mass is 16.3. The number of hydrogen-bond acceptors (Lipinski definition) is 3. The predicted octanol–water partition coefficient (Wildman–Crippen LogP) is 1.24. The summed E-state index contributed by atoms with van der Waals surface area (Å²) in [5.41, 5.74) is 2.08. The van der Waals surface area contributed by atoms with Crippen LogP contribution in [0.1, 0.15) is 30.9 Å². The number of hydrogen-bond donors (Lipinski definition) is 2. The van der Waals surface area contributed by atoms with E-state index in [4.69, 9.17) is 0 Å². The number of rotatable bonds is 3. The van der Waals surface area contributed by atoms with Crippen molar-refractivity contribution >= 4 is 0 Å². The molecule has 0 amide bonds. The summed E-state index contributed by atoms with van der Waals surface area (Å²) in [4.78, 5) is 3.99. The fraction of sp³-hybridized carbons (Fsp3) is 0.545. The molecule has 0 aliphatic rings. The first-order chi connectivity index (χ1) is 6.54. The molecule has 14 heavy (non-hydrogen) atoms. The van der Waals surface area contributed by atoms with Crippen LogP contribution in [-0.2, 0) is 0 Å². The number of aromatic nitrogens is 1. The van der Waals surface area contributed by atoms with E-state index in [1.807, 2.05) is 19.9 Å². The molecule has 0 saturated heterocycles. The summed E-state index contributed by atoms with van der Waals surface area (Å²) in [5.74, 6) is -0.0713. The molecule has 1 aromatic heterocycles. The second kappa shape index (κ2) is 4.53. The predicted molar refractivity (Wildman–Crippen MR) is 55.1 cm³/mol. The lowest BCUT2D eigenvalue weighted by Crippen LogP contribution is -2.28. The molecule has 3 nitrogen and oxygen atoms in total. The molecule has 78 valence electrons. The minimum Gasteiger partial charge on any atom is -0.391 e. The molecule has 0 bridgehead atoms. The van der Waals surface area contributed by atoms with Crippen LogP contribution < -0.4 is 0 Å². The smallest absolute Gasteiger partial charge is 0.0862 e. The SMILES string of the molecule is Cc1cnccc1C(C)C(O)C(C)O. The van der Waals surface area contributed by atoms with E-state index in [2.05, 4.69) is 4.98 Å². The first-order valence-electron chi connectivity index (χ1n) is 4.80. The van der Waals surface area contributed by atoms with E-state index in [0.717, 1.165) is 11.1 Å². The number of aliphatic hydroxyl groups excluding tert-OH is 2. The van der Waals surface area contributed by atoms with Gasteiger partial charge in [0.25, 0.3) is 0 Å². The number of aliphatic hydroxyl groups is 2. The van der Waals surface area contributed by atoms with Crippen molar-refractivity contribution in [1.29, 1.82) is 0 Å². The first kappa shape index (κ1) is 11.1. The molecule has 1 rings (SSSR count). The minimum absolute atomic E-state index is 0.0713. The van der Waals surface area contributed by atoms with E-state index in [1.165, 1.54) is 0 Å². The average molecular weight is 195 g/mol. The maximum Gasteiger partial charge on any atom is 0.0862 e. The Morgan fingerprint density at radius 1 is 1.29 bits per heavy atom. The van der Waals surface area contributed by atoms with Gasteiger partial charge in [0, 0.05) is 18.3 Å². The van der Waals surface area contributed by atoms with E-state index >= 15 is 0 Å². The van der Waals surface area contributed by atoms with Crippen molar-refractivity contribution in [3.05, 3.63) is 29.6 Å². The Kier molecular flexibility index (Phi) is 3.61. The van der Waals surface area contributed by atoms with Crippen molar-refractivity contribution < 1.29 is 10.2 Å². The molecule has 1 heterocycles. The van der Waals surface area contributed by atoms with Gasteiger partial charge in [-0.1, -0.05) is 6.92 Å². The Bertz CT molecular complexity index is 299. The summed E-state index contributed by atoms with van der Waals surface area (Å²) in [6.45, 7) is 5.45. The fourth-order valence-electron chi connectivity index (χ4n) is 1.60. The Morgan fingerprint density at radius 2 is 1.93 bits per heavy atom. The number of nitrogens with zero attached hydrogens (tertiary/aromatic N) is 1. The Labute approximate surface area is 84.4 Å². The number of aryl methyl sites for hydroxylation is 1. The molecule has 0 saturated carbocycles. The summed E-state index contributed by atoms with van der Waals surface area (Å²) in [6.07, 6.45) is 2.03. The lowest BCUT2D eigenvalue weighted by molar-refractivity contribution is 0.0170. The molecular weight excluding hydrogens is 178 g/mol. The van der Waals surface area contributed by atoms with Gasteiger partial charge in [-0.2, -0.15) is 0 Å². The van der Waals surface area contributed by atoms with Gasteiger partial charge >= 0.3 is 0 Å². The van der Waals surface area contributed by atoms with Crippen LogP contribution in [0.2, 0.25) is 0 Å². The average Bonchev–Trinajstić information content (AvgIpc) is 2.16. The molecule has 0 radical (unpaired) electrons. The minimum atomic E-state index is -0.726. The van der Waals surface area contributed by atoms with Gasteiger partial charge in [-0.15, -0.1) is 0 Å². The molecule has 0 aliphatic heterocycles. The molecule has 3 unspecified atom stereocenters. The van der Waals surface area contributed by atoms with Crippen LogP contribution in [0.25, 0.3) is 0 Å². The van der Waals surface area contributed by atoms with E-state index in [0.29, 0.717) is 0 Å². The zero-order valence-electron chi connectivity index (χ0n) is 8.81. The Morgan fingerprint density at radius 3 is 2.43 bits per heavy atom. The monoisotopic (exact) mass is 195 g/mol. The molecular formula is C11H17NO2. The second-order valence-corrected chi connectivity index (χ2v) is 3.75. The Hall–Kier alpha value is -0.930. The molecule has 1 aromatic rings. The van der Waals surface area contributed by atoms with Gasteiger partial charge in [-0.3, -0.25) is 4.98 Å². The molecule has 2 N–H and O–H groups in total. The van der Waals surface area contributed by atoms with Gasteiger partial charge in [0.2, 0.25) is 0 Å². The van der Waals surface area contributed by atoms with Crippen LogP contribution in [0.3, 0.4) is 0 Å². The molecule has 3 heteroatoms. The highest BCUT2D eigenvalue weighted by molar-refractivity contribution is 5.26. The topological polar surface area (TPSA) is 53.4 Å². The zero-order valence-corrected chi connectivity index (χ0v) is 8.81. The van der Waals surface area contributed by atoms with E-state index in [9.17, 15) is 10.2 Å². The van der Waals surface area contributed by atoms with Crippen LogP contribution >= 0.6 is 0 Å². The lowest BCUT2D eigenvalue weighted by atomic mass is 9.91. The van der Waals surface area contributed by atoms with Crippen LogP contribution in [0.15, 0.2) is 18.5 Å². The summed E-state index contributed by atoms with van der Waals surface area (Å²) in [7, 11) is 0. The third kappa shape index (κ3) is 2.30. The maximum absolute atomic E-state index is 9.70. The van der Waals surface area contributed by atoms with E-state index in [-0.39, 0.29) is 5.92 Å². The summed E-state index contributed by atoms with van der Waals surface area (Å²) >= 11 is 0. The quantitative estimate of drug-likeness (QED) is 0.762. The molecule has 0 aliphatic carbocycles. The summed E-state index contributed by atoms with van der Waals surface area (Å²) in [5, 5.41) is 19.0. The van der Waals surface area contributed by atoms with E-state index < -0.39 is 12.2 Å². The van der Waals surface area contributed by atoms with Crippen LogP contribution in [0.4, 0.5) is 0 Å². The third-order valence-electron chi connectivity index (χ3n) is 2.56. The van der Waals surface area contributed by atoms with Gasteiger partial charge in [-0.25, -0.2) is 0 Å². The van der Waals surface area contributed by atoms with Crippen molar-refractivity contribution in [2.24, 2.45) is 0 Å². The van der Waals surface area contributed by atoms with Gasteiger partial charge in [0.15, 0.2) is 0 Å². The highest BCUT2D eigenvalue weighted by Gasteiger charge is 2.21. The molecule has 3 atom stereocenters. The summed E-state index contributed by atoms with van der Waals surface area (Å²) in [6, 6.07) is 1.88. The fourth-order valence-corrected chi connectivity index (χ4v) is 1.60. The van der Waals surface area contributed by atoms with E-state index in [1.54, 1.807) is 19.3 Å². The van der Waals surface area contributed by atoms with Crippen molar-refractivity contribution in [3.63, 3.8) is 0 Å². The van der Waals surface area contributed by atoms with Gasteiger partial charge < -0.3 is 10.2 Å². The standard InChI is InChI=1S/C11H17NO2/c1-7-6-12-5-4-10(7)8(2)11(14)9(3)13/h4-6,8-9,11,13-14H,1-3H3. The highest BCUT2D eigenvalue weighted by Crippen LogP contribution is 2.23. The normalized spacial score (nSPS) is 17.5. The Balaban J connectivity index is 2.89. The lowest BCUT2D eigenvalue weighted by Gasteiger charge is -2.22. The van der Waals surface area contributed by atoms with Crippen LogP contribution in [-0.4, -0.2) is 27.4 Å².